The minimum atomic E-state index is -0.290. The van der Waals surface area contributed by atoms with E-state index in [0.29, 0.717) is 36.3 Å². The Bertz CT molecular complexity index is 1570. The first kappa shape index (κ1) is 25.4. The maximum atomic E-state index is 13.7. The van der Waals surface area contributed by atoms with E-state index in [4.69, 9.17) is 4.74 Å². The van der Waals surface area contributed by atoms with Gasteiger partial charge in [-0.2, -0.15) is 0 Å². The molecule has 40 heavy (non-hydrogen) atoms. The molecule has 0 bridgehead atoms. The van der Waals surface area contributed by atoms with Gasteiger partial charge in [0.25, 0.3) is 11.8 Å². The maximum Gasteiger partial charge on any atom is 0.302 e. The molecule has 2 aliphatic heterocycles. The number of amides is 2. The Labute approximate surface area is 233 Å². The van der Waals surface area contributed by atoms with Gasteiger partial charge in [0, 0.05) is 36.7 Å². The molecule has 200 valence electrons. The van der Waals surface area contributed by atoms with E-state index < -0.39 is 0 Å². The summed E-state index contributed by atoms with van der Waals surface area (Å²) < 4.78 is 5.49. The number of anilines is 3. The van der Waals surface area contributed by atoms with Crippen LogP contribution >= 0.6 is 0 Å². The average molecular weight is 532 g/mol. The van der Waals surface area contributed by atoms with E-state index >= 15 is 0 Å². The van der Waals surface area contributed by atoms with Crippen molar-refractivity contribution in [1.82, 2.24) is 0 Å². The smallest absolute Gasteiger partial charge is 0.302 e. The number of hydrogen-bond acceptors (Lipinski definition) is 5. The highest BCUT2D eigenvalue weighted by molar-refractivity contribution is 6.10. The molecule has 4 aromatic rings. The van der Waals surface area contributed by atoms with Crippen LogP contribution in [0.25, 0.3) is 11.1 Å². The van der Waals surface area contributed by atoms with E-state index in [0.717, 1.165) is 22.5 Å². The van der Waals surface area contributed by atoms with E-state index in [2.05, 4.69) is 10.2 Å². The molecule has 1 unspecified atom stereocenters. The van der Waals surface area contributed by atoms with Gasteiger partial charge in [-0.25, -0.2) is 0 Å². The van der Waals surface area contributed by atoms with Crippen molar-refractivity contribution in [2.45, 2.75) is 25.5 Å². The number of esters is 1. The van der Waals surface area contributed by atoms with Crippen molar-refractivity contribution in [1.29, 1.82) is 0 Å². The predicted molar refractivity (Wildman–Crippen MR) is 156 cm³/mol. The quantitative estimate of drug-likeness (QED) is 0.331. The Morgan fingerprint density at radius 2 is 1.45 bits per heavy atom. The second kappa shape index (κ2) is 10.7. The van der Waals surface area contributed by atoms with E-state index in [-0.39, 0.29) is 29.9 Å². The molecule has 2 heterocycles. The van der Waals surface area contributed by atoms with Crippen LogP contribution in [-0.2, 0) is 9.53 Å². The van der Waals surface area contributed by atoms with E-state index in [1.165, 1.54) is 6.92 Å². The molecule has 7 nitrogen and oxygen atoms in total. The minimum absolute atomic E-state index is 0.0615. The molecule has 2 amide bonds. The molecule has 0 aromatic heterocycles. The molecular formula is C33H29N3O4. The summed E-state index contributed by atoms with van der Waals surface area (Å²) in [4.78, 5) is 42.5. The molecule has 7 heteroatoms. The van der Waals surface area contributed by atoms with Crippen LogP contribution in [0.2, 0.25) is 0 Å². The molecule has 6 rings (SSSR count). The third-order valence-corrected chi connectivity index (χ3v) is 7.48. The number of rotatable bonds is 5. The summed E-state index contributed by atoms with van der Waals surface area (Å²) in [6.07, 6.45) is 0.480. The van der Waals surface area contributed by atoms with Crippen molar-refractivity contribution in [2.75, 3.05) is 28.2 Å². The first-order valence-corrected chi connectivity index (χ1v) is 13.4. The Hall–Kier alpha value is -4.91. The van der Waals surface area contributed by atoms with Gasteiger partial charge in [-0.05, 0) is 53.6 Å². The first-order chi connectivity index (χ1) is 19.5. The van der Waals surface area contributed by atoms with Crippen LogP contribution in [0.4, 0.5) is 17.1 Å². The number of carbonyl (C=O) groups is 3. The van der Waals surface area contributed by atoms with Crippen molar-refractivity contribution < 1.29 is 19.1 Å². The van der Waals surface area contributed by atoms with Crippen LogP contribution in [0.5, 0.6) is 0 Å². The topological polar surface area (TPSA) is 79.0 Å². The standard InChI is InChI=1S/C33H29N3O4/c1-22(37)40-27-19-26-20-36(31-14-8-7-13-30(31)35(26)21-27)33(39)24-15-17-25(18-16-24)34-32(38)29-12-6-5-11-28(29)23-9-3-2-4-10-23/h2-18,26-27H,19-21H2,1H3,(H,34,38)/t26-,27?/m1/s1. The summed E-state index contributed by atoms with van der Waals surface area (Å²) >= 11 is 0. The Morgan fingerprint density at radius 1 is 0.775 bits per heavy atom. The fourth-order valence-electron chi connectivity index (χ4n) is 5.70. The second-order valence-corrected chi connectivity index (χ2v) is 10.1. The highest BCUT2D eigenvalue weighted by Crippen LogP contribution is 2.40. The lowest BCUT2D eigenvalue weighted by Crippen LogP contribution is -2.48. The number of carbonyl (C=O) groups excluding carboxylic acids is 3. The van der Waals surface area contributed by atoms with Crippen LogP contribution in [0.15, 0.2) is 103 Å². The zero-order chi connectivity index (χ0) is 27.6. The summed E-state index contributed by atoms with van der Waals surface area (Å²) in [7, 11) is 0. The monoisotopic (exact) mass is 531 g/mol. The lowest BCUT2D eigenvalue weighted by atomic mass is 9.99. The summed E-state index contributed by atoms with van der Waals surface area (Å²) in [5.41, 5.74) is 5.33. The van der Waals surface area contributed by atoms with Gasteiger partial charge in [0.1, 0.15) is 6.10 Å². The highest BCUT2D eigenvalue weighted by Gasteiger charge is 2.41. The Morgan fingerprint density at radius 3 is 2.20 bits per heavy atom. The van der Waals surface area contributed by atoms with Gasteiger partial charge in [-0.15, -0.1) is 0 Å². The fraction of sp³-hybridized carbons (Fsp3) is 0.182. The molecule has 0 aliphatic carbocycles. The second-order valence-electron chi connectivity index (χ2n) is 10.1. The van der Waals surface area contributed by atoms with E-state index in [1.807, 2.05) is 78.9 Å². The number of benzene rings is 4. The minimum Gasteiger partial charge on any atom is -0.461 e. The van der Waals surface area contributed by atoms with Crippen molar-refractivity contribution in [3.8, 4) is 11.1 Å². The number of hydrogen-bond donors (Lipinski definition) is 1. The molecule has 0 spiro atoms. The zero-order valence-corrected chi connectivity index (χ0v) is 22.1. The summed E-state index contributed by atoms with van der Waals surface area (Å²) in [6.45, 7) is 2.54. The fourth-order valence-corrected chi connectivity index (χ4v) is 5.70. The number of para-hydroxylation sites is 2. The van der Waals surface area contributed by atoms with Crippen molar-refractivity contribution >= 4 is 34.8 Å². The van der Waals surface area contributed by atoms with Crippen molar-refractivity contribution in [3.63, 3.8) is 0 Å². The number of ether oxygens (including phenoxy) is 1. The maximum absolute atomic E-state index is 13.7. The van der Waals surface area contributed by atoms with Crippen LogP contribution in [0, 0.1) is 0 Å². The van der Waals surface area contributed by atoms with E-state index in [1.54, 1.807) is 29.2 Å². The molecule has 1 N–H and O–H groups in total. The SMILES string of the molecule is CC(=O)OC1C[C@@H]2CN(C(=O)c3ccc(NC(=O)c4ccccc4-c4ccccc4)cc3)c3ccccc3N2C1. The lowest BCUT2D eigenvalue weighted by Gasteiger charge is -2.40. The molecule has 2 atom stereocenters. The number of nitrogens with one attached hydrogen (secondary N) is 1. The van der Waals surface area contributed by atoms with Crippen molar-refractivity contribution in [2.24, 2.45) is 0 Å². The molecular weight excluding hydrogens is 502 g/mol. The third-order valence-electron chi connectivity index (χ3n) is 7.48. The zero-order valence-electron chi connectivity index (χ0n) is 22.1. The lowest BCUT2D eigenvalue weighted by molar-refractivity contribution is -0.145. The molecule has 1 fully saturated rings. The molecule has 2 aliphatic rings. The van der Waals surface area contributed by atoms with Crippen LogP contribution < -0.4 is 15.1 Å². The van der Waals surface area contributed by atoms with Gasteiger partial charge >= 0.3 is 5.97 Å². The molecule has 0 radical (unpaired) electrons. The van der Waals surface area contributed by atoms with Gasteiger partial charge in [-0.1, -0.05) is 60.7 Å². The van der Waals surface area contributed by atoms with Gasteiger partial charge in [0.15, 0.2) is 0 Å². The summed E-state index contributed by atoms with van der Waals surface area (Å²) in [5.74, 6) is -0.621. The summed E-state index contributed by atoms with van der Waals surface area (Å²) in [6, 6.07) is 32.2. The normalized spacial score (nSPS) is 17.5. The molecule has 4 aromatic carbocycles. The van der Waals surface area contributed by atoms with Gasteiger partial charge in [0.2, 0.25) is 0 Å². The van der Waals surface area contributed by atoms with Gasteiger partial charge < -0.3 is 19.9 Å². The molecule has 1 saturated heterocycles. The Balaban J connectivity index is 1.19. The Kier molecular flexibility index (Phi) is 6.78. The third kappa shape index (κ3) is 4.94. The van der Waals surface area contributed by atoms with Crippen molar-refractivity contribution in [3.05, 3.63) is 114 Å². The largest absolute Gasteiger partial charge is 0.461 e. The van der Waals surface area contributed by atoms with Crippen LogP contribution in [0.1, 0.15) is 34.1 Å². The average Bonchev–Trinajstić information content (AvgIpc) is 3.39. The summed E-state index contributed by atoms with van der Waals surface area (Å²) in [5, 5.41) is 2.97. The van der Waals surface area contributed by atoms with Gasteiger partial charge in [-0.3, -0.25) is 14.4 Å². The van der Waals surface area contributed by atoms with E-state index in [9.17, 15) is 14.4 Å². The number of fused-ring (bicyclic) bond motifs is 3. The number of nitrogens with zero attached hydrogens (tertiary/aromatic N) is 2. The predicted octanol–water partition coefficient (Wildman–Crippen LogP) is 5.78. The van der Waals surface area contributed by atoms with Gasteiger partial charge in [0.05, 0.1) is 24.0 Å². The first-order valence-electron chi connectivity index (χ1n) is 13.4. The van der Waals surface area contributed by atoms with Crippen LogP contribution in [0.3, 0.4) is 0 Å². The van der Waals surface area contributed by atoms with Crippen LogP contribution in [-0.4, -0.2) is 43.0 Å². The highest BCUT2D eigenvalue weighted by atomic mass is 16.5. The molecule has 0 saturated carbocycles.